The van der Waals surface area contributed by atoms with Gasteiger partial charge in [-0.05, 0) is 30.5 Å². The van der Waals surface area contributed by atoms with Gasteiger partial charge in [0.25, 0.3) is 0 Å². The average molecular weight is 414 g/mol. The molecule has 132 valence electrons. The summed E-state index contributed by atoms with van der Waals surface area (Å²) in [6, 6.07) is 7.59. The van der Waals surface area contributed by atoms with Crippen molar-refractivity contribution >= 4 is 38.6 Å². The van der Waals surface area contributed by atoms with Crippen molar-refractivity contribution in [1.82, 2.24) is 4.90 Å². The summed E-state index contributed by atoms with van der Waals surface area (Å²) < 4.78 is 12.4. The minimum atomic E-state index is -0.825. The zero-order valence-corrected chi connectivity index (χ0v) is 16.7. The molecule has 1 aromatic rings. The standard InChI is InChI=1S/C17H24BrN3O2S/c1-12(2)17(3,13-4-6-14(18)7-5-13)15(19)20-16(22)21-8-10-24(23)11-9-21/h4-7,12H,8-11H2,1-3H3,(H2,19,20,22). The van der Waals surface area contributed by atoms with E-state index < -0.39 is 16.2 Å². The van der Waals surface area contributed by atoms with E-state index in [9.17, 15) is 9.00 Å². The number of halogens is 1. The molecule has 1 atom stereocenters. The molecular formula is C17H24BrN3O2S. The van der Waals surface area contributed by atoms with Gasteiger partial charge < -0.3 is 10.6 Å². The van der Waals surface area contributed by atoms with Crippen LogP contribution in [0.3, 0.4) is 0 Å². The predicted molar refractivity (Wildman–Crippen MR) is 103 cm³/mol. The highest BCUT2D eigenvalue weighted by Crippen LogP contribution is 2.33. The zero-order chi connectivity index (χ0) is 17.9. The Labute approximate surface area is 154 Å². The fraction of sp³-hybridized carbons (Fsp3) is 0.529. The van der Waals surface area contributed by atoms with Gasteiger partial charge in [-0.1, -0.05) is 41.9 Å². The molecule has 0 radical (unpaired) electrons. The fourth-order valence-electron chi connectivity index (χ4n) is 2.69. The lowest BCUT2D eigenvalue weighted by Crippen LogP contribution is -2.46. The number of hydrogen-bond donors (Lipinski definition) is 1. The Bertz CT molecular complexity index is 650. The molecule has 0 spiro atoms. The molecule has 0 aliphatic carbocycles. The third-order valence-corrected chi connectivity index (χ3v) is 6.60. The van der Waals surface area contributed by atoms with E-state index in [4.69, 9.17) is 5.73 Å². The summed E-state index contributed by atoms with van der Waals surface area (Å²) in [6.07, 6.45) is 0. The van der Waals surface area contributed by atoms with Crippen LogP contribution in [0.4, 0.5) is 4.79 Å². The first-order chi connectivity index (χ1) is 11.2. The van der Waals surface area contributed by atoms with Gasteiger partial charge in [-0.3, -0.25) is 4.21 Å². The highest BCUT2D eigenvalue weighted by molar-refractivity contribution is 9.10. The van der Waals surface area contributed by atoms with E-state index in [2.05, 4.69) is 34.8 Å². The molecule has 1 fully saturated rings. The Morgan fingerprint density at radius 3 is 2.33 bits per heavy atom. The molecule has 0 saturated carbocycles. The number of rotatable bonds is 3. The maximum absolute atomic E-state index is 12.4. The average Bonchev–Trinajstić information content (AvgIpc) is 2.55. The smallest absolute Gasteiger partial charge is 0.345 e. The predicted octanol–water partition coefficient (Wildman–Crippen LogP) is 2.90. The van der Waals surface area contributed by atoms with Crippen LogP contribution in [0.1, 0.15) is 26.3 Å². The Hall–Kier alpha value is -1.21. The van der Waals surface area contributed by atoms with Gasteiger partial charge in [-0.25, -0.2) is 4.79 Å². The second-order valence-corrected chi connectivity index (χ2v) is 9.09. The minimum Gasteiger partial charge on any atom is -0.386 e. The first-order valence-corrected chi connectivity index (χ1v) is 10.3. The van der Waals surface area contributed by atoms with Gasteiger partial charge in [0.1, 0.15) is 5.84 Å². The van der Waals surface area contributed by atoms with Crippen LogP contribution in [0.5, 0.6) is 0 Å². The van der Waals surface area contributed by atoms with Crippen molar-refractivity contribution in [3.05, 3.63) is 34.3 Å². The molecule has 2 amide bonds. The molecule has 0 aromatic heterocycles. The molecule has 2 rings (SSSR count). The second kappa shape index (κ2) is 7.78. The van der Waals surface area contributed by atoms with Gasteiger partial charge in [0, 0.05) is 39.9 Å². The van der Waals surface area contributed by atoms with Crippen LogP contribution in [0.25, 0.3) is 0 Å². The van der Waals surface area contributed by atoms with Crippen molar-refractivity contribution in [3.8, 4) is 0 Å². The van der Waals surface area contributed by atoms with E-state index in [0.717, 1.165) is 10.0 Å². The molecule has 5 nitrogen and oxygen atoms in total. The Morgan fingerprint density at radius 1 is 1.29 bits per heavy atom. The number of urea groups is 1. The van der Waals surface area contributed by atoms with Gasteiger partial charge in [-0.2, -0.15) is 4.99 Å². The highest BCUT2D eigenvalue weighted by Gasteiger charge is 2.36. The Morgan fingerprint density at radius 2 is 1.83 bits per heavy atom. The van der Waals surface area contributed by atoms with Crippen molar-refractivity contribution in [3.63, 3.8) is 0 Å². The van der Waals surface area contributed by atoms with Crippen LogP contribution in [-0.4, -0.2) is 45.6 Å². The van der Waals surface area contributed by atoms with Crippen molar-refractivity contribution in [1.29, 1.82) is 0 Å². The van der Waals surface area contributed by atoms with E-state index in [-0.39, 0.29) is 11.9 Å². The van der Waals surface area contributed by atoms with Crippen LogP contribution >= 0.6 is 15.9 Å². The maximum Gasteiger partial charge on any atom is 0.345 e. The van der Waals surface area contributed by atoms with Gasteiger partial charge in [0.15, 0.2) is 0 Å². The highest BCUT2D eigenvalue weighted by atomic mass is 79.9. The maximum atomic E-state index is 12.4. The number of amides is 2. The van der Waals surface area contributed by atoms with Crippen molar-refractivity contribution < 1.29 is 9.00 Å². The molecule has 1 unspecified atom stereocenters. The third kappa shape index (κ3) is 4.06. The molecule has 24 heavy (non-hydrogen) atoms. The molecule has 1 aromatic carbocycles. The van der Waals surface area contributed by atoms with E-state index in [0.29, 0.717) is 30.4 Å². The van der Waals surface area contributed by atoms with Crippen LogP contribution in [0, 0.1) is 5.92 Å². The topological polar surface area (TPSA) is 75.8 Å². The van der Waals surface area contributed by atoms with Crippen LogP contribution < -0.4 is 5.73 Å². The van der Waals surface area contributed by atoms with Crippen molar-refractivity contribution in [2.24, 2.45) is 16.6 Å². The number of carbonyl (C=O) groups excluding carboxylic acids is 1. The van der Waals surface area contributed by atoms with Crippen LogP contribution in [-0.2, 0) is 16.2 Å². The molecule has 0 bridgehead atoms. The summed E-state index contributed by atoms with van der Waals surface area (Å²) in [5, 5.41) is 0. The molecular weight excluding hydrogens is 390 g/mol. The van der Waals surface area contributed by atoms with E-state index in [1.54, 1.807) is 4.90 Å². The summed E-state index contributed by atoms with van der Waals surface area (Å²) in [6.45, 7) is 7.09. The lowest BCUT2D eigenvalue weighted by molar-refractivity contribution is 0.212. The van der Waals surface area contributed by atoms with Gasteiger partial charge >= 0.3 is 6.03 Å². The largest absolute Gasteiger partial charge is 0.386 e. The Balaban J connectivity index is 2.28. The quantitative estimate of drug-likeness (QED) is 0.611. The van der Waals surface area contributed by atoms with E-state index in [1.807, 2.05) is 31.2 Å². The summed E-state index contributed by atoms with van der Waals surface area (Å²) in [5.74, 6) is 1.51. The molecule has 1 saturated heterocycles. The lowest BCUT2D eigenvalue weighted by Gasteiger charge is -2.34. The SMILES string of the molecule is CC(C)C(C)(C(N)=NC(=O)N1CCS(=O)CC1)c1ccc(Br)cc1. The number of hydrogen-bond acceptors (Lipinski definition) is 2. The summed E-state index contributed by atoms with van der Waals surface area (Å²) in [4.78, 5) is 18.2. The van der Waals surface area contributed by atoms with Crippen LogP contribution in [0.2, 0.25) is 0 Å². The number of nitrogens with two attached hydrogens (primary N) is 1. The third-order valence-electron chi connectivity index (χ3n) is 4.80. The summed E-state index contributed by atoms with van der Waals surface area (Å²) >= 11 is 3.44. The lowest BCUT2D eigenvalue weighted by atomic mass is 9.72. The minimum absolute atomic E-state index is 0.170. The Kier molecular flexibility index (Phi) is 6.20. The molecule has 1 aliphatic heterocycles. The van der Waals surface area contributed by atoms with Crippen molar-refractivity contribution in [2.45, 2.75) is 26.2 Å². The van der Waals surface area contributed by atoms with E-state index in [1.165, 1.54) is 0 Å². The van der Waals surface area contributed by atoms with Gasteiger partial charge in [0.2, 0.25) is 0 Å². The normalized spacial score (nSPS) is 19.4. The first kappa shape index (κ1) is 19.1. The summed E-state index contributed by atoms with van der Waals surface area (Å²) in [7, 11) is -0.825. The monoisotopic (exact) mass is 413 g/mol. The van der Waals surface area contributed by atoms with E-state index >= 15 is 0 Å². The molecule has 1 heterocycles. The van der Waals surface area contributed by atoms with Gasteiger partial charge in [-0.15, -0.1) is 0 Å². The van der Waals surface area contributed by atoms with Crippen LogP contribution in [0.15, 0.2) is 33.7 Å². The van der Waals surface area contributed by atoms with Gasteiger partial charge in [0.05, 0.1) is 5.41 Å². The summed E-state index contributed by atoms with van der Waals surface area (Å²) in [5.41, 5.74) is 6.78. The number of aliphatic imine (C=N–C) groups is 1. The fourth-order valence-corrected chi connectivity index (χ4v) is 4.01. The first-order valence-electron chi connectivity index (χ1n) is 7.99. The molecule has 7 heteroatoms. The number of carbonyl (C=O) groups is 1. The zero-order valence-electron chi connectivity index (χ0n) is 14.3. The molecule has 1 aliphatic rings. The number of nitrogens with zero attached hydrogens (tertiary/aromatic N) is 2. The van der Waals surface area contributed by atoms with Crippen molar-refractivity contribution in [2.75, 3.05) is 24.6 Å². The molecule has 2 N–H and O–H groups in total. The second-order valence-electron chi connectivity index (χ2n) is 6.48. The number of amidine groups is 1. The number of benzene rings is 1.